The lowest BCUT2D eigenvalue weighted by Crippen LogP contribution is -2.42. The van der Waals surface area contributed by atoms with Crippen LogP contribution in [0.5, 0.6) is 0 Å². The number of hydrogen-bond donors (Lipinski definition) is 2. The molecule has 100 valence electrons. The van der Waals surface area contributed by atoms with Gasteiger partial charge < -0.3 is 15.4 Å². The molecule has 5 heteroatoms. The normalized spacial score (nSPS) is 18.3. The molecule has 2 N–H and O–H groups in total. The van der Waals surface area contributed by atoms with Crippen LogP contribution in [0.1, 0.15) is 6.92 Å². The van der Waals surface area contributed by atoms with E-state index in [0.29, 0.717) is 6.04 Å². The Hall–Kier alpha value is -1.33. The van der Waals surface area contributed by atoms with Crippen molar-refractivity contribution < 1.29 is 4.74 Å². The Labute approximate surface area is 109 Å². The van der Waals surface area contributed by atoms with Crippen LogP contribution in [-0.4, -0.2) is 55.8 Å². The minimum absolute atomic E-state index is 0.412. The molecule has 0 radical (unpaired) electrons. The van der Waals surface area contributed by atoms with Gasteiger partial charge in [0.05, 0.1) is 13.2 Å². The number of hydrogen-bond acceptors (Lipinski definition) is 5. The molecule has 0 aromatic carbocycles. The summed E-state index contributed by atoms with van der Waals surface area (Å²) in [6, 6.07) is 4.43. The fraction of sp³-hybridized carbons (Fsp3) is 0.615. The molecule has 1 fully saturated rings. The van der Waals surface area contributed by atoms with Crippen molar-refractivity contribution >= 4 is 11.5 Å². The highest BCUT2D eigenvalue weighted by atomic mass is 16.5. The average molecular weight is 250 g/mol. The van der Waals surface area contributed by atoms with E-state index in [4.69, 9.17) is 4.74 Å². The zero-order valence-electron chi connectivity index (χ0n) is 11.1. The summed E-state index contributed by atoms with van der Waals surface area (Å²) < 4.78 is 5.35. The van der Waals surface area contributed by atoms with E-state index < -0.39 is 0 Å². The summed E-state index contributed by atoms with van der Waals surface area (Å²) in [7, 11) is 1.88. The molecule has 18 heavy (non-hydrogen) atoms. The number of morpholine rings is 1. The lowest BCUT2D eigenvalue weighted by molar-refractivity contribution is 0.0368. The molecule has 2 heterocycles. The zero-order chi connectivity index (χ0) is 12.8. The Bertz CT molecular complexity index is 366. The van der Waals surface area contributed by atoms with E-state index >= 15 is 0 Å². The van der Waals surface area contributed by atoms with Crippen LogP contribution < -0.4 is 10.6 Å². The van der Waals surface area contributed by atoms with Crippen molar-refractivity contribution in [3.8, 4) is 0 Å². The molecule has 1 atom stereocenters. The Balaban J connectivity index is 1.83. The van der Waals surface area contributed by atoms with Gasteiger partial charge in [0.15, 0.2) is 0 Å². The summed E-state index contributed by atoms with van der Waals surface area (Å²) in [5.41, 5.74) is 1.11. The quantitative estimate of drug-likeness (QED) is 0.824. The summed E-state index contributed by atoms with van der Waals surface area (Å²) in [6.45, 7) is 7.02. The number of aromatic nitrogens is 1. The second-order valence-corrected chi connectivity index (χ2v) is 4.64. The Morgan fingerprint density at radius 3 is 2.94 bits per heavy atom. The lowest BCUT2D eigenvalue weighted by Gasteiger charge is -2.29. The SMILES string of the molecule is CNc1cc(NC(C)CN2CCOCC2)ccn1. The first-order chi connectivity index (χ1) is 8.78. The number of ether oxygens (including phenoxy) is 1. The topological polar surface area (TPSA) is 49.4 Å². The molecule has 1 aromatic rings. The molecule has 1 aromatic heterocycles. The van der Waals surface area contributed by atoms with E-state index in [1.165, 1.54) is 0 Å². The molecule has 0 spiro atoms. The van der Waals surface area contributed by atoms with Crippen molar-refractivity contribution in [2.45, 2.75) is 13.0 Å². The second kappa shape index (κ2) is 6.56. The monoisotopic (exact) mass is 250 g/mol. The molecule has 1 aliphatic heterocycles. The third-order valence-corrected chi connectivity index (χ3v) is 3.06. The largest absolute Gasteiger partial charge is 0.381 e. The van der Waals surface area contributed by atoms with Crippen LogP contribution >= 0.6 is 0 Å². The maximum Gasteiger partial charge on any atom is 0.127 e. The first-order valence-corrected chi connectivity index (χ1v) is 6.48. The van der Waals surface area contributed by atoms with E-state index in [0.717, 1.165) is 44.4 Å². The van der Waals surface area contributed by atoms with Crippen molar-refractivity contribution in [3.05, 3.63) is 18.3 Å². The van der Waals surface area contributed by atoms with Crippen molar-refractivity contribution in [2.75, 3.05) is 50.5 Å². The van der Waals surface area contributed by atoms with Gasteiger partial charge in [-0.3, -0.25) is 4.90 Å². The fourth-order valence-electron chi connectivity index (χ4n) is 2.16. The molecule has 0 saturated carbocycles. The van der Waals surface area contributed by atoms with Crippen LogP contribution in [-0.2, 0) is 4.74 Å². The molecule has 0 bridgehead atoms. The number of nitrogens with zero attached hydrogens (tertiary/aromatic N) is 2. The van der Waals surface area contributed by atoms with Crippen molar-refractivity contribution in [1.29, 1.82) is 0 Å². The predicted octanol–water partition coefficient (Wildman–Crippen LogP) is 1.26. The maximum absolute atomic E-state index is 5.35. The lowest BCUT2D eigenvalue weighted by atomic mass is 10.2. The van der Waals surface area contributed by atoms with Crippen LogP contribution in [0.3, 0.4) is 0 Å². The van der Waals surface area contributed by atoms with Gasteiger partial charge in [0.1, 0.15) is 5.82 Å². The summed E-state index contributed by atoms with van der Waals surface area (Å²) in [5.74, 6) is 0.888. The van der Waals surface area contributed by atoms with Gasteiger partial charge in [0.2, 0.25) is 0 Å². The van der Waals surface area contributed by atoms with Crippen molar-refractivity contribution in [1.82, 2.24) is 9.88 Å². The van der Waals surface area contributed by atoms with Gasteiger partial charge >= 0.3 is 0 Å². The standard InChI is InChI=1S/C13H22N4O/c1-11(10-17-5-7-18-8-6-17)16-12-3-4-15-13(9-12)14-2/h3-4,9,11H,5-8,10H2,1-2H3,(H2,14,15,16). The minimum atomic E-state index is 0.412. The van der Waals surface area contributed by atoms with Crippen LogP contribution in [0.4, 0.5) is 11.5 Å². The molecule has 1 aliphatic rings. The number of rotatable bonds is 5. The van der Waals surface area contributed by atoms with E-state index in [-0.39, 0.29) is 0 Å². The molecule has 5 nitrogen and oxygen atoms in total. The maximum atomic E-state index is 5.35. The molecule has 0 amide bonds. The number of anilines is 2. The van der Waals surface area contributed by atoms with Crippen molar-refractivity contribution in [2.24, 2.45) is 0 Å². The Morgan fingerprint density at radius 2 is 2.22 bits per heavy atom. The highest BCUT2D eigenvalue weighted by molar-refractivity contribution is 5.52. The van der Waals surface area contributed by atoms with Gasteiger partial charge in [-0.2, -0.15) is 0 Å². The summed E-state index contributed by atoms with van der Waals surface area (Å²) in [6.07, 6.45) is 1.82. The van der Waals surface area contributed by atoms with Gasteiger partial charge in [-0.1, -0.05) is 0 Å². The second-order valence-electron chi connectivity index (χ2n) is 4.64. The third kappa shape index (κ3) is 3.85. The highest BCUT2D eigenvalue weighted by Crippen LogP contribution is 2.13. The van der Waals surface area contributed by atoms with Crippen LogP contribution in [0.25, 0.3) is 0 Å². The van der Waals surface area contributed by atoms with E-state index in [2.05, 4.69) is 27.4 Å². The van der Waals surface area contributed by atoms with Crippen LogP contribution in [0.2, 0.25) is 0 Å². The molecule has 0 aliphatic carbocycles. The van der Waals surface area contributed by atoms with Gasteiger partial charge in [-0.15, -0.1) is 0 Å². The molecular weight excluding hydrogens is 228 g/mol. The molecule has 1 unspecified atom stereocenters. The Kier molecular flexibility index (Phi) is 4.78. The zero-order valence-corrected chi connectivity index (χ0v) is 11.1. The fourth-order valence-corrected chi connectivity index (χ4v) is 2.16. The van der Waals surface area contributed by atoms with Crippen LogP contribution in [0.15, 0.2) is 18.3 Å². The summed E-state index contributed by atoms with van der Waals surface area (Å²) >= 11 is 0. The van der Waals surface area contributed by atoms with Crippen molar-refractivity contribution in [3.63, 3.8) is 0 Å². The molecule has 1 saturated heterocycles. The minimum Gasteiger partial charge on any atom is -0.381 e. The van der Waals surface area contributed by atoms with Gasteiger partial charge in [0, 0.05) is 50.7 Å². The molecule has 2 rings (SSSR count). The number of pyridine rings is 1. The van der Waals surface area contributed by atoms with E-state index in [1.54, 1.807) is 0 Å². The van der Waals surface area contributed by atoms with E-state index in [1.807, 2.05) is 25.4 Å². The van der Waals surface area contributed by atoms with Crippen LogP contribution in [0, 0.1) is 0 Å². The first kappa shape index (κ1) is 13.1. The summed E-state index contributed by atoms with van der Waals surface area (Å²) in [4.78, 5) is 6.63. The highest BCUT2D eigenvalue weighted by Gasteiger charge is 2.13. The average Bonchev–Trinajstić information content (AvgIpc) is 2.40. The first-order valence-electron chi connectivity index (χ1n) is 6.48. The molecular formula is C13H22N4O. The van der Waals surface area contributed by atoms with Gasteiger partial charge in [0.25, 0.3) is 0 Å². The van der Waals surface area contributed by atoms with Gasteiger partial charge in [-0.05, 0) is 13.0 Å². The Morgan fingerprint density at radius 1 is 1.44 bits per heavy atom. The van der Waals surface area contributed by atoms with E-state index in [9.17, 15) is 0 Å². The third-order valence-electron chi connectivity index (χ3n) is 3.06. The number of nitrogens with one attached hydrogen (secondary N) is 2. The summed E-state index contributed by atoms with van der Waals surface area (Å²) in [5, 5.41) is 6.55. The predicted molar refractivity (Wildman–Crippen MR) is 74.1 cm³/mol. The smallest absolute Gasteiger partial charge is 0.127 e. The van der Waals surface area contributed by atoms with Gasteiger partial charge in [-0.25, -0.2) is 4.98 Å².